The average molecular weight is 479 g/mol. The molecule has 0 saturated heterocycles. The number of aromatic hydroxyl groups is 1. The van der Waals surface area contributed by atoms with Crippen LogP contribution in [0.5, 0.6) is 17.2 Å². The van der Waals surface area contributed by atoms with Crippen molar-refractivity contribution in [3.8, 4) is 17.2 Å². The first-order chi connectivity index (χ1) is 16.9. The third-order valence-electron chi connectivity index (χ3n) is 5.05. The number of carbonyl (C=O) groups excluding carboxylic acids is 2. The fourth-order valence-corrected chi connectivity index (χ4v) is 3.31. The predicted molar refractivity (Wildman–Crippen MR) is 127 cm³/mol. The molecule has 0 aromatic heterocycles. The quantitative estimate of drug-likeness (QED) is 0.285. The molecule has 9 nitrogen and oxygen atoms in total. The van der Waals surface area contributed by atoms with Crippen LogP contribution in [0.4, 0.5) is 26.2 Å². The van der Waals surface area contributed by atoms with Crippen molar-refractivity contribution in [1.82, 2.24) is 0 Å². The van der Waals surface area contributed by atoms with E-state index in [0.717, 1.165) is 12.1 Å². The van der Waals surface area contributed by atoms with E-state index < -0.39 is 29.7 Å². The number of anilines is 3. The summed E-state index contributed by atoms with van der Waals surface area (Å²) in [5.41, 5.74) is 7.39. The summed E-state index contributed by atoms with van der Waals surface area (Å²) in [6.45, 7) is 0.0918. The maximum absolute atomic E-state index is 14.0. The molecular weight excluding hydrogens is 457 g/mol. The number of nitrogens with one attached hydrogen (secondary N) is 2. The van der Waals surface area contributed by atoms with Crippen molar-refractivity contribution in [3.63, 3.8) is 0 Å². The van der Waals surface area contributed by atoms with Crippen molar-refractivity contribution in [2.45, 2.75) is 12.5 Å². The summed E-state index contributed by atoms with van der Waals surface area (Å²) in [6, 6.07) is 15.3. The van der Waals surface area contributed by atoms with Crippen LogP contribution in [0.15, 0.2) is 72.8 Å². The number of halogens is 1. The zero-order valence-electron chi connectivity index (χ0n) is 18.4. The van der Waals surface area contributed by atoms with Gasteiger partial charge in [-0.1, -0.05) is 24.3 Å². The third-order valence-corrected chi connectivity index (χ3v) is 5.05. The van der Waals surface area contributed by atoms with Gasteiger partial charge in [0, 0.05) is 18.2 Å². The second-order valence-corrected chi connectivity index (χ2v) is 7.51. The number of phenolic OH excluding ortho intramolecular Hbond substituents is 1. The Hall–Kier alpha value is -4.73. The highest BCUT2D eigenvalue weighted by Gasteiger charge is 2.19. The first kappa shape index (κ1) is 23.4. The highest BCUT2D eigenvalue weighted by Crippen LogP contribution is 2.34. The van der Waals surface area contributed by atoms with E-state index in [-0.39, 0.29) is 13.2 Å². The first-order valence-corrected chi connectivity index (χ1v) is 10.6. The summed E-state index contributed by atoms with van der Waals surface area (Å²) in [7, 11) is 0. The topological polar surface area (TPSA) is 132 Å². The maximum atomic E-state index is 14.0. The van der Waals surface area contributed by atoms with E-state index in [4.69, 9.17) is 19.9 Å². The van der Waals surface area contributed by atoms with Crippen molar-refractivity contribution in [3.05, 3.63) is 84.2 Å². The molecule has 2 amide bonds. The van der Waals surface area contributed by atoms with Crippen LogP contribution in [0, 0.1) is 5.82 Å². The Labute approximate surface area is 199 Å². The Kier molecular flexibility index (Phi) is 7.01. The van der Waals surface area contributed by atoms with Crippen molar-refractivity contribution in [2.24, 2.45) is 0 Å². The Morgan fingerprint density at radius 1 is 1.09 bits per heavy atom. The van der Waals surface area contributed by atoms with Crippen LogP contribution >= 0.6 is 0 Å². The molecule has 0 bridgehead atoms. The summed E-state index contributed by atoms with van der Waals surface area (Å²) in [5, 5.41) is 14.7. The van der Waals surface area contributed by atoms with Gasteiger partial charge in [-0.05, 0) is 48.0 Å². The Morgan fingerprint density at radius 2 is 1.89 bits per heavy atom. The van der Waals surface area contributed by atoms with Crippen molar-refractivity contribution >= 4 is 29.1 Å². The monoisotopic (exact) mass is 479 g/mol. The van der Waals surface area contributed by atoms with Crippen molar-refractivity contribution in [1.29, 1.82) is 0 Å². The van der Waals surface area contributed by atoms with E-state index in [9.17, 15) is 19.1 Å². The molecule has 0 aliphatic carbocycles. The van der Waals surface area contributed by atoms with Gasteiger partial charge in [0.1, 0.15) is 6.10 Å². The normalized spacial score (nSPS) is 12.8. The fourth-order valence-electron chi connectivity index (χ4n) is 3.31. The van der Waals surface area contributed by atoms with Gasteiger partial charge in [0.2, 0.25) is 12.7 Å². The summed E-state index contributed by atoms with van der Waals surface area (Å²) in [5.74, 6) is -0.806. The summed E-state index contributed by atoms with van der Waals surface area (Å²) >= 11 is 0. The molecule has 1 atom stereocenters. The van der Waals surface area contributed by atoms with E-state index >= 15 is 0 Å². The molecule has 1 aliphatic rings. The minimum absolute atomic E-state index is 0.0520. The number of benzene rings is 3. The number of amides is 2. The maximum Gasteiger partial charge on any atom is 0.412 e. The highest BCUT2D eigenvalue weighted by molar-refractivity contribution is 6.01. The molecule has 35 heavy (non-hydrogen) atoms. The molecule has 3 aromatic rings. The lowest BCUT2D eigenvalue weighted by Crippen LogP contribution is -2.17. The summed E-state index contributed by atoms with van der Waals surface area (Å²) < 4.78 is 30.0. The van der Waals surface area contributed by atoms with Crippen LogP contribution in [-0.4, -0.2) is 23.9 Å². The van der Waals surface area contributed by atoms with Gasteiger partial charge in [0.05, 0.1) is 11.4 Å². The Morgan fingerprint density at radius 3 is 2.69 bits per heavy atom. The Bertz CT molecular complexity index is 1280. The predicted octanol–water partition coefficient (Wildman–Crippen LogP) is 4.72. The average Bonchev–Trinajstić information content (AvgIpc) is 3.30. The lowest BCUT2D eigenvalue weighted by molar-refractivity contribution is -0.111. The van der Waals surface area contributed by atoms with E-state index in [2.05, 4.69) is 10.6 Å². The number of hydrogen-bond donors (Lipinski definition) is 4. The van der Waals surface area contributed by atoms with Crippen LogP contribution in [0.25, 0.3) is 0 Å². The van der Waals surface area contributed by atoms with E-state index in [1.165, 1.54) is 18.2 Å². The Balaban J connectivity index is 1.44. The lowest BCUT2D eigenvalue weighted by atomic mass is 10.1. The highest BCUT2D eigenvalue weighted by atomic mass is 19.1. The molecule has 0 unspecified atom stereocenters. The molecule has 180 valence electrons. The van der Waals surface area contributed by atoms with Crippen molar-refractivity contribution in [2.75, 3.05) is 23.2 Å². The van der Waals surface area contributed by atoms with Crippen LogP contribution < -0.4 is 25.8 Å². The minimum Gasteiger partial charge on any atom is -0.505 e. The van der Waals surface area contributed by atoms with E-state index in [0.29, 0.717) is 34.1 Å². The lowest BCUT2D eigenvalue weighted by Gasteiger charge is -2.18. The molecule has 0 radical (unpaired) electrons. The number of para-hydroxylation sites is 2. The number of hydrogen-bond acceptors (Lipinski definition) is 7. The van der Waals surface area contributed by atoms with E-state index in [1.807, 2.05) is 0 Å². The van der Waals surface area contributed by atoms with Gasteiger partial charge in [0.15, 0.2) is 23.1 Å². The molecule has 0 saturated carbocycles. The van der Waals surface area contributed by atoms with Crippen LogP contribution in [0.2, 0.25) is 0 Å². The largest absolute Gasteiger partial charge is 0.505 e. The van der Waals surface area contributed by atoms with Crippen LogP contribution in [0.1, 0.15) is 18.1 Å². The number of fused-ring (bicyclic) bond motifs is 1. The molecule has 1 heterocycles. The molecule has 5 N–H and O–H groups in total. The number of carbonyl (C=O) groups is 2. The van der Waals surface area contributed by atoms with Gasteiger partial charge in [-0.25, -0.2) is 9.18 Å². The van der Waals surface area contributed by atoms with Gasteiger partial charge in [0.25, 0.3) is 0 Å². The smallest absolute Gasteiger partial charge is 0.412 e. The zero-order valence-corrected chi connectivity index (χ0v) is 18.4. The van der Waals surface area contributed by atoms with Gasteiger partial charge in [-0.2, -0.15) is 0 Å². The van der Waals surface area contributed by atoms with E-state index in [1.54, 1.807) is 42.5 Å². The second-order valence-electron chi connectivity index (χ2n) is 7.51. The molecule has 0 spiro atoms. The number of phenols is 1. The van der Waals surface area contributed by atoms with Crippen molar-refractivity contribution < 1.29 is 33.3 Å². The number of rotatable bonds is 7. The summed E-state index contributed by atoms with van der Waals surface area (Å²) in [6.07, 6.45) is 1.03. The summed E-state index contributed by atoms with van der Waals surface area (Å²) in [4.78, 5) is 24.8. The molecule has 10 heteroatoms. The second kappa shape index (κ2) is 10.5. The molecule has 3 aromatic carbocycles. The number of nitrogens with two attached hydrogens (primary N) is 1. The SMILES string of the molecule is Nc1ccccc1NC(=O)/C=C/C[C@H](OC(=O)Nc1ccc2c(c1)OCO2)c1ccc(O)c(F)c1. The molecule has 1 aliphatic heterocycles. The zero-order chi connectivity index (χ0) is 24.8. The van der Waals surface area contributed by atoms with Gasteiger partial charge in [-0.3, -0.25) is 10.1 Å². The number of ether oxygens (including phenoxy) is 3. The third kappa shape index (κ3) is 5.99. The fraction of sp³-hybridized carbons (Fsp3) is 0.120. The molecule has 4 rings (SSSR count). The van der Waals surface area contributed by atoms with Crippen LogP contribution in [0.3, 0.4) is 0 Å². The molecule has 0 fully saturated rings. The first-order valence-electron chi connectivity index (χ1n) is 10.6. The minimum atomic E-state index is -0.954. The standard InChI is InChI=1S/C25H22FN3O6/c26-17-12-15(8-10-20(17)30)21(6-3-7-24(31)29-19-5-2-1-4-18(19)27)35-25(32)28-16-9-11-22-23(13-16)34-14-33-22/h1-5,7-13,21,30H,6,14,27H2,(H,28,32)(H,29,31)/b7-3+/t21-/m0/s1. The van der Waals surface area contributed by atoms with Gasteiger partial charge < -0.3 is 30.4 Å². The van der Waals surface area contributed by atoms with Gasteiger partial charge in [-0.15, -0.1) is 0 Å². The van der Waals surface area contributed by atoms with Gasteiger partial charge >= 0.3 is 6.09 Å². The number of nitrogen functional groups attached to an aromatic ring is 1. The van der Waals surface area contributed by atoms with Crippen LogP contribution in [-0.2, 0) is 9.53 Å². The molecular formula is C25H22FN3O6.